The average molecular weight is 406 g/mol. The fourth-order valence-corrected chi connectivity index (χ4v) is 3.47. The molecule has 0 radical (unpaired) electrons. The lowest BCUT2D eigenvalue weighted by molar-refractivity contribution is 1.19. The highest BCUT2D eigenvalue weighted by atomic mass is 79.9. The molecule has 0 bridgehead atoms. The van der Waals surface area contributed by atoms with Gasteiger partial charge in [0.15, 0.2) is 0 Å². The molecule has 3 N–H and O–H groups in total. The minimum Gasteiger partial charge on any atom is -0.389 e. The number of thiophene rings is 1. The van der Waals surface area contributed by atoms with E-state index in [4.69, 9.17) is 18.0 Å². The molecule has 94 valence electrons. The largest absolute Gasteiger partial charge is 0.389 e. The topological polar surface area (TPSA) is 38.0 Å². The smallest absolute Gasteiger partial charge is 0.106 e. The standard InChI is InChI=1S/C12H10Br2N2S2/c13-7-1-3-9(12(15)17)10(5-7)16-6-8-2-4-11(14)18-8/h1-5,16H,6H2,(H2,15,17). The van der Waals surface area contributed by atoms with E-state index < -0.39 is 0 Å². The van der Waals surface area contributed by atoms with Crippen molar-refractivity contribution in [2.45, 2.75) is 6.54 Å². The molecule has 2 rings (SSSR count). The van der Waals surface area contributed by atoms with Crippen LogP contribution >= 0.6 is 55.4 Å². The lowest BCUT2D eigenvalue weighted by atomic mass is 10.2. The highest BCUT2D eigenvalue weighted by Gasteiger charge is 2.06. The molecule has 0 atom stereocenters. The molecule has 0 aliphatic rings. The Morgan fingerprint density at radius 2 is 2.06 bits per heavy atom. The Morgan fingerprint density at radius 3 is 2.67 bits per heavy atom. The van der Waals surface area contributed by atoms with E-state index in [0.29, 0.717) is 4.99 Å². The minimum atomic E-state index is 0.400. The first-order chi connectivity index (χ1) is 8.56. The maximum Gasteiger partial charge on any atom is 0.106 e. The molecular formula is C12H10Br2N2S2. The summed E-state index contributed by atoms with van der Waals surface area (Å²) in [6, 6.07) is 9.95. The third-order valence-corrected chi connectivity index (χ3v) is 4.67. The average Bonchev–Trinajstić information content (AvgIpc) is 2.72. The second kappa shape index (κ2) is 6.14. The van der Waals surface area contributed by atoms with Gasteiger partial charge in [-0.25, -0.2) is 0 Å². The van der Waals surface area contributed by atoms with Gasteiger partial charge in [-0.15, -0.1) is 11.3 Å². The molecule has 0 unspecified atom stereocenters. The molecule has 2 nitrogen and oxygen atoms in total. The van der Waals surface area contributed by atoms with Crippen LogP contribution in [0.4, 0.5) is 5.69 Å². The Balaban J connectivity index is 2.17. The number of benzene rings is 1. The fraction of sp³-hybridized carbons (Fsp3) is 0.0833. The van der Waals surface area contributed by atoms with Crippen LogP contribution in [0.1, 0.15) is 10.4 Å². The number of nitrogens with one attached hydrogen (secondary N) is 1. The molecule has 2 aromatic rings. The summed E-state index contributed by atoms with van der Waals surface area (Å²) in [7, 11) is 0. The Kier molecular flexibility index (Phi) is 4.77. The summed E-state index contributed by atoms with van der Waals surface area (Å²) >= 11 is 13.6. The molecule has 0 fully saturated rings. The number of halogens is 2. The van der Waals surface area contributed by atoms with Crippen molar-refractivity contribution in [3.63, 3.8) is 0 Å². The predicted octanol–water partition coefficient (Wildman–Crippen LogP) is 4.52. The van der Waals surface area contributed by atoms with Crippen molar-refractivity contribution in [3.8, 4) is 0 Å². The molecule has 0 aliphatic heterocycles. The summed E-state index contributed by atoms with van der Waals surface area (Å²) in [6.07, 6.45) is 0. The third-order valence-electron chi connectivity index (χ3n) is 2.33. The van der Waals surface area contributed by atoms with Crippen LogP contribution in [0.15, 0.2) is 38.6 Å². The van der Waals surface area contributed by atoms with Gasteiger partial charge in [-0.2, -0.15) is 0 Å². The lowest BCUT2D eigenvalue weighted by Crippen LogP contribution is -2.13. The van der Waals surface area contributed by atoms with Gasteiger partial charge in [-0.3, -0.25) is 0 Å². The molecule has 0 amide bonds. The van der Waals surface area contributed by atoms with Gasteiger partial charge in [0.2, 0.25) is 0 Å². The van der Waals surface area contributed by atoms with E-state index in [2.05, 4.69) is 43.2 Å². The van der Waals surface area contributed by atoms with E-state index >= 15 is 0 Å². The number of nitrogens with two attached hydrogens (primary N) is 1. The molecule has 0 saturated heterocycles. The van der Waals surface area contributed by atoms with Gasteiger partial charge < -0.3 is 11.1 Å². The minimum absolute atomic E-state index is 0.400. The predicted molar refractivity (Wildman–Crippen MR) is 89.4 cm³/mol. The highest BCUT2D eigenvalue weighted by molar-refractivity contribution is 9.11. The Hall–Kier alpha value is -0.430. The van der Waals surface area contributed by atoms with Gasteiger partial charge >= 0.3 is 0 Å². The fourth-order valence-electron chi connectivity index (χ4n) is 1.51. The van der Waals surface area contributed by atoms with Gasteiger partial charge in [0.1, 0.15) is 4.99 Å². The summed E-state index contributed by atoms with van der Waals surface area (Å²) in [6.45, 7) is 0.752. The second-order valence-electron chi connectivity index (χ2n) is 3.61. The van der Waals surface area contributed by atoms with Gasteiger partial charge in [0, 0.05) is 27.1 Å². The molecular weight excluding hydrogens is 396 g/mol. The number of thiocarbonyl (C=S) groups is 1. The van der Waals surface area contributed by atoms with E-state index in [1.165, 1.54) is 4.88 Å². The molecule has 1 heterocycles. The highest BCUT2D eigenvalue weighted by Crippen LogP contribution is 2.25. The Labute approximate surface area is 132 Å². The third kappa shape index (κ3) is 3.54. The van der Waals surface area contributed by atoms with E-state index in [9.17, 15) is 0 Å². The summed E-state index contributed by atoms with van der Waals surface area (Å²) in [5.74, 6) is 0. The van der Waals surface area contributed by atoms with E-state index in [1.54, 1.807) is 11.3 Å². The lowest BCUT2D eigenvalue weighted by Gasteiger charge is -2.11. The monoisotopic (exact) mass is 404 g/mol. The molecule has 6 heteroatoms. The van der Waals surface area contributed by atoms with Crippen LogP contribution in [-0.2, 0) is 6.54 Å². The normalized spacial score (nSPS) is 10.3. The van der Waals surface area contributed by atoms with Gasteiger partial charge in [0.25, 0.3) is 0 Å². The zero-order valence-electron chi connectivity index (χ0n) is 9.24. The number of anilines is 1. The summed E-state index contributed by atoms with van der Waals surface area (Å²) in [5.41, 5.74) is 7.52. The van der Waals surface area contributed by atoms with Crippen LogP contribution in [-0.4, -0.2) is 4.99 Å². The van der Waals surface area contributed by atoms with Crippen molar-refractivity contribution in [2.24, 2.45) is 5.73 Å². The molecule has 0 saturated carbocycles. The second-order valence-corrected chi connectivity index (χ2v) is 7.52. The maximum absolute atomic E-state index is 5.71. The zero-order chi connectivity index (χ0) is 13.1. The first-order valence-electron chi connectivity index (χ1n) is 5.13. The molecule has 18 heavy (non-hydrogen) atoms. The molecule has 1 aromatic carbocycles. The summed E-state index contributed by atoms with van der Waals surface area (Å²) in [5, 5.41) is 3.36. The van der Waals surface area contributed by atoms with E-state index in [0.717, 1.165) is 26.1 Å². The van der Waals surface area contributed by atoms with Crippen molar-refractivity contribution in [1.29, 1.82) is 0 Å². The van der Waals surface area contributed by atoms with Crippen LogP contribution in [0, 0.1) is 0 Å². The summed E-state index contributed by atoms with van der Waals surface area (Å²) < 4.78 is 2.13. The van der Waals surface area contributed by atoms with E-state index in [1.807, 2.05) is 24.3 Å². The van der Waals surface area contributed by atoms with Crippen LogP contribution < -0.4 is 11.1 Å². The molecule has 1 aromatic heterocycles. The maximum atomic E-state index is 5.71. The number of rotatable bonds is 4. The first-order valence-corrected chi connectivity index (χ1v) is 7.95. The van der Waals surface area contributed by atoms with Gasteiger partial charge in [0.05, 0.1) is 3.79 Å². The van der Waals surface area contributed by atoms with Crippen LogP contribution in [0.3, 0.4) is 0 Å². The van der Waals surface area contributed by atoms with Crippen LogP contribution in [0.2, 0.25) is 0 Å². The van der Waals surface area contributed by atoms with Crippen molar-refractivity contribution < 1.29 is 0 Å². The molecule has 0 spiro atoms. The van der Waals surface area contributed by atoms with E-state index in [-0.39, 0.29) is 0 Å². The zero-order valence-corrected chi connectivity index (χ0v) is 14.0. The van der Waals surface area contributed by atoms with Crippen molar-refractivity contribution in [3.05, 3.63) is 49.0 Å². The van der Waals surface area contributed by atoms with Crippen LogP contribution in [0.5, 0.6) is 0 Å². The number of hydrogen-bond donors (Lipinski definition) is 2. The summed E-state index contributed by atoms with van der Waals surface area (Å²) in [4.78, 5) is 1.65. The van der Waals surface area contributed by atoms with Crippen molar-refractivity contribution >= 4 is 66.1 Å². The first kappa shape index (κ1) is 14.0. The van der Waals surface area contributed by atoms with Gasteiger partial charge in [-0.1, -0.05) is 28.1 Å². The van der Waals surface area contributed by atoms with Gasteiger partial charge in [-0.05, 0) is 46.3 Å². The Morgan fingerprint density at radius 1 is 1.28 bits per heavy atom. The quantitative estimate of drug-likeness (QED) is 0.734. The Bertz CT molecular complexity index is 581. The van der Waals surface area contributed by atoms with Crippen LogP contribution in [0.25, 0.3) is 0 Å². The molecule has 0 aliphatic carbocycles. The van der Waals surface area contributed by atoms with Crippen molar-refractivity contribution in [1.82, 2.24) is 0 Å². The SMILES string of the molecule is NC(=S)c1ccc(Br)cc1NCc1ccc(Br)s1. The van der Waals surface area contributed by atoms with Crippen molar-refractivity contribution in [2.75, 3.05) is 5.32 Å². The number of hydrogen-bond acceptors (Lipinski definition) is 3.